The van der Waals surface area contributed by atoms with Gasteiger partial charge in [-0.2, -0.15) is 0 Å². The van der Waals surface area contributed by atoms with Crippen LogP contribution in [0.25, 0.3) is 10.9 Å². The van der Waals surface area contributed by atoms with Gasteiger partial charge >= 0.3 is 0 Å². The maximum atomic E-state index is 13.3. The number of hydrogen-bond acceptors (Lipinski definition) is 5. The fourth-order valence-corrected chi connectivity index (χ4v) is 4.19. The average Bonchev–Trinajstić information content (AvgIpc) is 3.18. The Morgan fingerprint density at radius 3 is 2.70 bits per heavy atom. The van der Waals surface area contributed by atoms with E-state index in [-0.39, 0.29) is 24.3 Å². The maximum absolute atomic E-state index is 13.3. The number of carbonyl (C=O) groups excluding carboxylic acids is 3. The summed E-state index contributed by atoms with van der Waals surface area (Å²) < 4.78 is 10.3. The van der Waals surface area contributed by atoms with Crippen LogP contribution in [0, 0.1) is 0 Å². The van der Waals surface area contributed by atoms with E-state index < -0.39 is 12.1 Å². The van der Waals surface area contributed by atoms with Crippen LogP contribution in [0.15, 0.2) is 24.3 Å². The number of rotatable bonds is 5. The quantitative estimate of drug-likeness (QED) is 0.778. The van der Waals surface area contributed by atoms with Crippen molar-refractivity contribution in [3.8, 4) is 5.75 Å². The summed E-state index contributed by atoms with van der Waals surface area (Å²) in [5.74, 6) is 0.0592. The van der Waals surface area contributed by atoms with E-state index in [1.54, 1.807) is 37.0 Å². The number of carbonyl (C=O) groups is 3. The average molecular weight is 414 g/mol. The molecule has 2 atom stereocenters. The van der Waals surface area contributed by atoms with Crippen LogP contribution in [0.1, 0.15) is 17.4 Å². The molecule has 1 aromatic heterocycles. The highest BCUT2D eigenvalue weighted by molar-refractivity contribution is 6.02. The lowest BCUT2D eigenvalue weighted by Gasteiger charge is -2.48. The van der Waals surface area contributed by atoms with Crippen molar-refractivity contribution < 1.29 is 23.9 Å². The van der Waals surface area contributed by atoms with Gasteiger partial charge in [-0.1, -0.05) is 0 Å². The number of aromatic nitrogens is 1. The van der Waals surface area contributed by atoms with Crippen molar-refractivity contribution in [3.63, 3.8) is 0 Å². The topological polar surface area (TPSA) is 95.2 Å². The van der Waals surface area contributed by atoms with E-state index in [0.29, 0.717) is 37.7 Å². The fourth-order valence-electron chi connectivity index (χ4n) is 4.19. The Bertz CT molecular complexity index is 987. The molecule has 4 rings (SSSR count). The highest BCUT2D eigenvalue weighted by atomic mass is 16.5. The second-order valence-electron chi connectivity index (χ2n) is 7.64. The number of benzene rings is 1. The Hall–Kier alpha value is -3.07. The van der Waals surface area contributed by atoms with Gasteiger partial charge in [0, 0.05) is 37.6 Å². The van der Waals surface area contributed by atoms with Gasteiger partial charge in [0.1, 0.15) is 23.5 Å². The number of nitrogens with zero attached hydrogens (tertiary/aromatic N) is 3. The van der Waals surface area contributed by atoms with E-state index in [0.717, 1.165) is 10.9 Å². The van der Waals surface area contributed by atoms with E-state index in [1.165, 1.54) is 4.90 Å². The Labute approximate surface area is 174 Å². The van der Waals surface area contributed by atoms with Crippen molar-refractivity contribution in [1.29, 1.82) is 0 Å². The summed E-state index contributed by atoms with van der Waals surface area (Å²) in [6.07, 6.45) is 0. The molecule has 2 aliphatic heterocycles. The molecular formula is C21H26N4O5. The predicted octanol–water partition coefficient (Wildman–Crippen LogP) is 0.707. The summed E-state index contributed by atoms with van der Waals surface area (Å²) in [4.78, 5) is 47.1. The number of ether oxygens (including phenoxy) is 2. The number of nitrogens with one attached hydrogen (secondary N) is 1. The van der Waals surface area contributed by atoms with Gasteiger partial charge in [-0.15, -0.1) is 0 Å². The van der Waals surface area contributed by atoms with Crippen molar-refractivity contribution in [2.45, 2.75) is 19.0 Å². The van der Waals surface area contributed by atoms with Gasteiger partial charge in [-0.25, -0.2) is 0 Å². The summed E-state index contributed by atoms with van der Waals surface area (Å²) in [7, 11) is 3.17. The molecule has 3 heterocycles. The molecule has 160 valence electrons. The van der Waals surface area contributed by atoms with Crippen LogP contribution >= 0.6 is 0 Å². The first-order valence-electron chi connectivity index (χ1n) is 10.0. The van der Waals surface area contributed by atoms with Gasteiger partial charge < -0.3 is 29.2 Å². The third-order valence-corrected chi connectivity index (χ3v) is 5.95. The number of methoxy groups -OCH3 is 2. The van der Waals surface area contributed by atoms with Crippen LogP contribution in [0.4, 0.5) is 0 Å². The van der Waals surface area contributed by atoms with Crippen LogP contribution in [0.5, 0.6) is 5.75 Å². The van der Waals surface area contributed by atoms with Crippen LogP contribution in [-0.2, 0) is 14.3 Å². The molecule has 9 heteroatoms. The zero-order valence-corrected chi connectivity index (χ0v) is 17.4. The van der Waals surface area contributed by atoms with E-state index in [1.807, 2.05) is 18.2 Å². The number of amides is 3. The fraction of sp³-hybridized carbons (Fsp3) is 0.476. The van der Waals surface area contributed by atoms with E-state index in [4.69, 9.17) is 9.47 Å². The molecule has 1 aromatic carbocycles. The number of fused-ring (bicyclic) bond motifs is 2. The van der Waals surface area contributed by atoms with Gasteiger partial charge in [-0.3, -0.25) is 14.4 Å². The van der Waals surface area contributed by atoms with Crippen LogP contribution in [-0.4, -0.2) is 96.5 Å². The van der Waals surface area contributed by atoms with Crippen molar-refractivity contribution >= 4 is 28.6 Å². The normalized spacial score (nSPS) is 21.9. The maximum Gasteiger partial charge on any atom is 0.271 e. The molecular weight excluding hydrogens is 388 g/mol. The lowest BCUT2D eigenvalue weighted by molar-refractivity contribution is -0.160. The smallest absolute Gasteiger partial charge is 0.271 e. The third kappa shape index (κ3) is 3.39. The molecule has 1 N–H and O–H groups in total. The minimum absolute atomic E-state index is 0.141. The van der Waals surface area contributed by atoms with Gasteiger partial charge in [0.05, 0.1) is 20.3 Å². The first kappa shape index (κ1) is 20.2. The summed E-state index contributed by atoms with van der Waals surface area (Å²) in [6.45, 7) is 3.74. The zero-order valence-electron chi connectivity index (χ0n) is 17.4. The highest BCUT2D eigenvalue weighted by Crippen LogP contribution is 2.26. The Kier molecular flexibility index (Phi) is 5.38. The first-order valence-corrected chi connectivity index (χ1v) is 10.0. The number of piperazine rings is 2. The molecule has 2 saturated heterocycles. The number of aromatic amines is 1. The number of hydrogen-bond donors (Lipinski definition) is 1. The standard InChI is InChI=1S/C21H26N4O5/c1-13-19(26)24-7-6-23(8-9-29-2)21(28)18(24)12-25(13)20(27)17-11-14-10-15(30-3)4-5-16(14)22-17/h4-5,10-11,13,18,22H,6-9,12H2,1-3H3/t13-,18-/m0/s1. The monoisotopic (exact) mass is 414 g/mol. The molecule has 2 aromatic rings. The molecule has 0 radical (unpaired) electrons. The highest BCUT2D eigenvalue weighted by Gasteiger charge is 2.46. The summed E-state index contributed by atoms with van der Waals surface area (Å²) >= 11 is 0. The molecule has 2 aliphatic rings. The Morgan fingerprint density at radius 2 is 1.97 bits per heavy atom. The Balaban J connectivity index is 1.58. The van der Waals surface area contributed by atoms with Crippen LogP contribution < -0.4 is 4.74 Å². The zero-order chi connectivity index (χ0) is 21.4. The molecule has 9 nitrogen and oxygen atoms in total. The molecule has 3 amide bonds. The summed E-state index contributed by atoms with van der Waals surface area (Å²) in [5, 5.41) is 0.842. The second-order valence-corrected chi connectivity index (χ2v) is 7.64. The molecule has 0 aliphatic carbocycles. The van der Waals surface area contributed by atoms with Crippen molar-refractivity contribution in [2.24, 2.45) is 0 Å². The predicted molar refractivity (Wildman–Crippen MR) is 109 cm³/mol. The van der Waals surface area contributed by atoms with Crippen LogP contribution in [0.3, 0.4) is 0 Å². The minimum Gasteiger partial charge on any atom is -0.497 e. The van der Waals surface area contributed by atoms with Crippen molar-refractivity contribution in [3.05, 3.63) is 30.0 Å². The van der Waals surface area contributed by atoms with Crippen molar-refractivity contribution in [2.75, 3.05) is 47.0 Å². The third-order valence-electron chi connectivity index (χ3n) is 5.95. The van der Waals surface area contributed by atoms with Crippen LogP contribution in [0.2, 0.25) is 0 Å². The SMILES string of the molecule is COCCN1CCN2C(=O)[C@H](C)N(C(=O)c3cc4cc(OC)ccc4[nH]3)C[C@H]2C1=O. The van der Waals surface area contributed by atoms with E-state index >= 15 is 0 Å². The molecule has 30 heavy (non-hydrogen) atoms. The van der Waals surface area contributed by atoms with Gasteiger partial charge in [-0.05, 0) is 31.2 Å². The van der Waals surface area contributed by atoms with Gasteiger partial charge in [0.25, 0.3) is 5.91 Å². The molecule has 0 unspecified atom stereocenters. The first-order chi connectivity index (χ1) is 14.4. The van der Waals surface area contributed by atoms with Gasteiger partial charge in [0.15, 0.2) is 0 Å². The second kappa shape index (κ2) is 7.98. The molecule has 0 saturated carbocycles. The largest absolute Gasteiger partial charge is 0.497 e. The lowest BCUT2D eigenvalue weighted by Crippen LogP contribution is -2.70. The van der Waals surface area contributed by atoms with Gasteiger partial charge in [0.2, 0.25) is 11.8 Å². The lowest BCUT2D eigenvalue weighted by atomic mass is 10.0. The molecule has 0 spiro atoms. The minimum atomic E-state index is -0.660. The number of H-pyrrole nitrogens is 1. The van der Waals surface area contributed by atoms with Crippen molar-refractivity contribution in [1.82, 2.24) is 19.7 Å². The van der Waals surface area contributed by atoms with E-state index in [9.17, 15) is 14.4 Å². The molecule has 2 fully saturated rings. The summed E-state index contributed by atoms with van der Waals surface area (Å²) in [5.41, 5.74) is 1.18. The summed E-state index contributed by atoms with van der Waals surface area (Å²) in [6, 6.07) is 5.95. The van der Waals surface area contributed by atoms with E-state index in [2.05, 4.69) is 4.98 Å². The Morgan fingerprint density at radius 1 is 1.17 bits per heavy atom. The molecule has 0 bridgehead atoms.